The third-order valence-electron chi connectivity index (χ3n) is 4.10. The van der Waals surface area contributed by atoms with Crippen LogP contribution in [0.5, 0.6) is 0 Å². The van der Waals surface area contributed by atoms with Crippen LogP contribution < -0.4 is 5.32 Å². The maximum absolute atomic E-state index is 11.9. The number of aromatic amines is 1. The molecule has 3 aromatic rings. The first kappa shape index (κ1) is 15.3. The van der Waals surface area contributed by atoms with Gasteiger partial charge in [0.1, 0.15) is 0 Å². The maximum Gasteiger partial charge on any atom is 0.220 e. The molecule has 0 unspecified atom stereocenters. The molecule has 0 atom stereocenters. The van der Waals surface area contributed by atoms with Crippen LogP contribution in [0.15, 0.2) is 60.8 Å². The molecule has 0 radical (unpaired) electrons. The number of benzene rings is 2. The van der Waals surface area contributed by atoms with Gasteiger partial charge in [0.2, 0.25) is 5.91 Å². The number of carbonyl (C=O) groups is 1. The van der Waals surface area contributed by atoms with E-state index >= 15 is 0 Å². The predicted molar refractivity (Wildman–Crippen MR) is 94.4 cm³/mol. The lowest BCUT2D eigenvalue weighted by Gasteiger charge is -2.05. The number of para-hydroxylation sites is 1. The predicted octanol–water partition coefficient (Wildman–Crippen LogP) is 3.85. The van der Waals surface area contributed by atoms with E-state index in [-0.39, 0.29) is 5.91 Å². The van der Waals surface area contributed by atoms with Gasteiger partial charge in [-0.1, -0.05) is 48.5 Å². The summed E-state index contributed by atoms with van der Waals surface area (Å²) in [6, 6.07) is 18.5. The summed E-state index contributed by atoms with van der Waals surface area (Å²) in [7, 11) is 0. The third-order valence-corrected chi connectivity index (χ3v) is 4.10. The van der Waals surface area contributed by atoms with Crippen molar-refractivity contribution in [2.45, 2.75) is 25.7 Å². The number of H-pyrrole nitrogens is 1. The molecular weight excluding hydrogens is 284 g/mol. The van der Waals surface area contributed by atoms with Crippen molar-refractivity contribution in [3.8, 4) is 0 Å². The summed E-state index contributed by atoms with van der Waals surface area (Å²) in [5.41, 5.74) is 3.71. The van der Waals surface area contributed by atoms with E-state index in [9.17, 15) is 4.79 Å². The fourth-order valence-electron chi connectivity index (χ4n) is 2.86. The quantitative estimate of drug-likeness (QED) is 0.684. The van der Waals surface area contributed by atoms with E-state index in [1.165, 1.54) is 16.5 Å². The molecule has 1 aromatic heterocycles. The van der Waals surface area contributed by atoms with E-state index < -0.39 is 0 Å². The number of fused-ring (bicyclic) bond motifs is 1. The fourth-order valence-corrected chi connectivity index (χ4v) is 2.86. The van der Waals surface area contributed by atoms with E-state index in [1.807, 2.05) is 24.3 Å². The summed E-state index contributed by atoms with van der Waals surface area (Å²) in [6.07, 6.45) is 5.32. The smallest absolute Gasteiger partial charge is 0.220 e. The van der Waals surface area contributed by atoms with E-state index in [2.05, 4.69) is 46.8 Å². The van der Waals surface area contributed by atoms with Crippen LogP contribution in [0, 0.1) is 0 Å². The number of nitrogens with one attached hydrogen (secondary N) is 2. The lowest BCUT2D eigenvalue weighted by molar-refractivity contribution is -0.121. The number of hydrogen-bond acceptors (Lipinski definition) is 1. The largest absolute Gasteiger partial charge is 0.361 e. The molecule has 0 aliphatic rings. The minimum atomic E-state index is 0.140. The number of aromatic nitrogens is 1. The first-order valence-electron chi connectivity index (χ1n) is 8.18. The Morgan fingerprint density at radius 2 is 1.74 bits per heavy atom. The second-order valence-corrected chi connectivity index (χ2v) is 5.80. The van der Waals surface area contributed by atoms with Gasteiger partial charge in [0.15, 0.2) is 0 Å². The van der Waals surface area contributed by atoms with Crippen molar-refractivity contribution < 1.29 is 4.79 Å². The van der Waals surface area contributed by atoms with Gasteiger partial charge in [0.05, 0.1) is 0 Å². The van der Waals surface area contributed by atoms with Crippen LogP contribution in [-0.4, -0.2) is 17.4 Å². The zero-order valence-corrected chi connectivity index (χ0v) is 13.2. The van der Waals surface area contributed by atoms with Crippen LogP contribution >= 0.6 is 0 Å². The second kappa shape index (κ2) is 7.63. The highest BCUT2D eigenvalue weighted by atomic mass is 16.1. The van der Waals surface area contributed by atoms with Crippen molar-refractivity contribution >= 4 is 16.8 Å². The molecule has 2 N–H and O–H groups in total. The van der Waals surface area contributed by atoms with Crippen molar-refractivity contribution in [3.63, 3.8) is 0 Å². The van der Waals surface area contributed by atoms with Crippen LogP contribution in [0.4, 0.5) is 0 Å². The van der Waals surface area contributed by atoms with Crippen molar-refractivity contribution in [1.29, 1.82) is 0 Å². The summed E-state index contributed by atoms with van der Waals surface area (Å²) in [5, 5.41) is 4.26. The first-order chi connectivity index (χ1) is 11.3. The Bertz CT molecular complexity index is 761. The maximum atomic E-state index is 11.9. The van der Waals surface area contributed by atoms with Crippen LogP contribution in [0.3, 0.4) is 0 Å². The molecule has 1 amide bonds. The molecule has 23 heavy (non-hydrogen) atoms. The highest BCUT2D eigenvalue weighted by Gasteiger charge is 2.05. The fraction of sp³-hybridized carbons (Fsp3) is 0.250. The van der Waals surface area contributed by atoms with Crippen molar-refractivity contribution in [3.05, 3.63) is 71.9 Å². The highest BCUT2D eigenvalue weighted by Crippen LogP contribution is 2.19. The van der Waals surface area contributed by atoms with Gasteiger partial charge in [-0.05, 0) is 36.5 Å². The lowest BCUT2D eigenvalue weighted by atomic mass is 10.1. The molecule has 0 saturated carbocycles. The SMILES string of the molecule is O=C(CCCc1c[nH]c2ccccc12)NCCc1ccccc1. The Labute approximate surface area is 136 Å². The zero-order valence-electron chi connectivity index (χ0n) is 13.2. The minimum absolute atomic E-state index is 0.140. The van der Waals surface area contributed by atoms with Gasteiger partial charge in [0.25, 0.3) is 0 Å². The van der Waals surface area contributed by atoms with E-state index in [0.717, 1.165) is 24.8 Å². The topological polar surface area (TPSA) is 44.9 Å². The van der Waals surface area contributed by atoms with Crippen molar-refractivity contribution in [1.82, 2.24) is 10.3 Å². The Kier molecular flexibility index (Phi) is 5.09. The first-order valence-corrected chi connectivity index (χ1v) is 8.18. The Morgan fingerprint density at radius 1 is 0.957 bits per heavy atom. The van der Waals surface area contributed by atoms with Gasteiger partial charge < -0.3 is 10.3 Å². The van der Waals surface area contributed by atoms with Gasteiger partial charge in [-0.15, -0.1) is 0 Å². The van der Waals surface area contributed by atoms with E-state index in [4.69, 9.17) is 0 Å². The normalized spacial score (nSPS) is 10.8. The van der Waals surface area contributed by atoms with Gasteiger partial charge in [-0.3, -0.25) is 4.79 Å². The van der Waals surface area contributed by atoms with Crippen LogP contribution in [0.25, 0.3) is 10.9 Å². The molecule has 0 spiro atoms. The average molecular weight is 306 g/mol. The summed E-state index contributed by atoms with van der Waals surface area (Å²) >= 11 is 0. The van der Waals surface area contributed by atoms with Crippen molar-refractivity contribution in [2.24, 2.45) is 0 Å². The van der Waals surface area contributed by atoms with Gasteiger partial charge in [0, 0.05) is 30.1 Å². The molecule has 3 heteroatoms. The highest BCUT2D eigenvalue weighted by molar-refractivity contribution is 5.83. The molecule has 118 valence electrons. The number of aryl methyl sites for hydroxylation is 1. The van der Waals surface area contributed by atoms with Gasteiger partial charge >= 0.3 is 0 Å². The molecule has 2 aromatic carbocycles. The Hall–Kier alpha value is -2.55. The minimum Gasteiger partial charge on any atom is -0.361 e. The molecular formula is C20H22N2O. The Morgan fingerprint density at radius 3 is 2.61 bits per heavy atom. The van der Waals surface area contributed by atoms with Gasteiger partial charge in [-0.2, -0.15) is 0 Å². The summed E-state index contributed by atoms with van der Waals surface area (Å²) < 4.78 is 0. The molecule has 3 nitrogen and oxygen atoms in total. The Balaban J connectivity index is 1.39. The van der Waals surface area contributed by atoms with E-state index in [0.29, 0.717) is 13.0 Å². The molecule has 0 saturated heterocycles. The summed E-state index contributed by atoms with van der Waals surface area (Å²) in [4.78, 5) is 15.2. The van der Waals surface area contributed by atoms with Crippen molar-refractivity contribution in [2.75, 3.05) is 6.54 Å². The summed E-state index contributed by atoms with van der Waals surface area (Å²) in [6.45, 7) is 0.704. The second-order valence-electron chi connectivity index (χ2n) is 5.80. The van der Waals surface area contributed by atoms with Crippen LogP contribution in [0.2, 0.25) is 0 Å². The average Bonchev–Trinajstić information content (AvgIpc) is 2.99. The standard InChI is InChI=1S/C20H22N2O/c23-20(21-14-13-16-7-2-1-3-8-16)12-6-9-17-15-22-19-11-5-4-10-18(17)19/h1-5,7-8,10-11,15,22H,6,9,12-14H2,(H,21,23). The molecule has 1 heterocycles. The van der Waals surface area contributed by atoms with Crippen LogP contribution in [0.1, 0.15) is 24.0 Å². The number of rotatable bonds is 7. The monoisotopic (exact) mass is 306 g/mol. The molecule has 3 rings (SSSR count). The molecule has 0 aliphatic heterocycles. The molecule has 0 fully saturated rings. The summed E-state index contributed by atoms with van der Waals surface area (Å²) in [5.74, 6) is 0.140. The third kappa shape index (κ3) is 4.22. The van der Waals surface area contributed by atoms with E-state index in [1.54, 1.807) is 0 Å². The van der Waals surface area contributed by atoms with Crippen LogP contribution in [-0.2, 0) is 17.6 Å². The lowest BCUT2D eigenvalue weighted by Crippen LogP contribution is -2.25. The molecule has 0 bridgehead atoms. The number of amides is 1. The van der Waals surface area contributed by atoms with Gasteiger partial charge in [-0.25, -0.2) is 0 Å². The number of carbonyl (C=O) groups excluding carboxylic acids is 1. The molecule has 0 aliphatic carbocycles. The zero-order chi connectivity index (χ0) is 15.9. The number of hydrogen-bond donors (Lipinski definition) is 2.